The maximum atomic E-state index is 13.0. The second-order valence-electron chi connectivity index (χ2n) is 18.0. The zero-order valence-corrected chi connectivity index (χ0v) is 28.9. The van der Waals surface area contributed by atoms with E-state index in [0.717, 1.165) is 64.2 Å². The van der Waals surface area contributed by atoms with E-state index in [-0.39, 0.29) is 45.7 Å². The second kappa shape index (κ2) is 10.8. The predicted octanol–water partition coefficient (Wildman–Crippen LogP) is 6.27. The lowest BCUT2D eigenvalue weighted by atomic mass is 9.33. The van der Waals surface area contributed by atoms with Crippen LogP contribution in [0.1, 0.15) is 120 Å². The van der Waals surface area contributed by atoms with Gasteiger partial charge in [-0.2, -0.15) is 0 Å². The van der Waals surface area contributed by atoms with Crippen LogP contribution in [0, 0.1) is 50.2 Å². The quantitative estimate of drug-likeness (QED) is 0.189. The SMILES string of the molecule is CC(=O)OC1C(O)COC(OC2CCC3(C)C(CCC4(C)C3CC=C3C5CC(C)(C)CCC5(C(=O)O)CCC34C)C2(C)C)C1O. The molecule has 0 amide bonds. The molecule has 5 fully saturated rings. The van der Waals surface area contributed by atoms with Crippen molar-refractivity contribution in [2.75, 3.05) is 6.61 Å². The number of carboxylic acids is 1. The first kappa shape index (κ1) is 33.4. The molecule has 0 spiro atoms. The van der Waals surface area contributed by atoms with Crippen molar-refractivity contribution in [2.45, 2.75) is 150 Å². The highest BCUT2D eigenvalue weighted by atomic mass is 16.7. The largest absolute Gasteiger partial charge is 0.481 e. The van der Waals surface area contributed by atoms with Crippen molar-refractivity contribution in [3.63, 3.8) is 0 Å². The zero-order chi connectivity index (χ0) is 33.0. The molecule has 12 atom stereocenters. The summed E-state index contributed by atoms with van der Waals surface area (Å²) < 4.78 is 17.6. The fraction of sp³-hybridized carbons (Fsp3) is 0.892. The Balaban J connectivity index is 1.27. The number of rotatable bonds is 4. The third-order valence-electron chi connectivity index (χ3n) is 15.0. The number of carbonyl (C=O) groups is 2. The van der Waals surface area contributed by atoms with Gasteiger partial charge in [-0.3, -0.25) is 9.59 Å². The Kier molecular flexibility index (Phi) is 7.99. The number of aliphatic hydroxyl groups excluding tert-OH is 2. The molecule has 6 aliphatic rings. The standard InChI is InChI=1S/C37H58O8/c1-21(38)44-29-24(39)20-43-30(28(29)40)45-27-12-13-34(6)25(33(27,4)5)11-14-36(8)26(34)10-9-22-23-19-32(2,3)15-17-37(23,31(41)42)18-16-35(22,36)7/h9,23-30,39-40H,10-20H2,1-8H3,(H,41,42). The minimum absolute atomic E-state index is 0.0228. The molecule has 45 heavy (non-hydrogen) atoms. The summed E-state index contributed by atoms with van der Waals surface area (Å²) in [5.74, 6) is -0.166. The van der Waals surface area contributed by atoms with Gasteiger partial charge in [-0.15, -0.1) is 0 Å². The highest BCUT2D eigenvalue weighted by Crippen LogP contribution is 2.76. The minimum atomic E-state index is -1.27. The normalized spacial score (nSPS) is 50.1. The van der Waals surface area contributed by atoms with Crippen molar-refractivity contribution in [2.24, 2.45) is 50.2 Å². The molecule has 0 radical (unpaired) electrons. The predicted molar refractivity (Wildman–Crippen MR) is 169 cm³/mol. The van der Waals surface area contributed by atoms with E-state index in [4.69, 9.17) is 14.2 Å². The summed E-state index contributed by atoms with van der Waals surface area (Å²) in [5.41, 5.74) is 0.913. The minimum Gasteiger partial charge on any atom is -0.481 e. The Hall–Kier alpha value is -1.48. The third-order valence-corrected chi connectivity index (χ3v) is 15.0. The number of esters is 1. The van der Waals surface area contributed by atoms with Crippen LogP contribution in [0.2, 0.25) is 0 Å². The van der Waals surface area contributed by atoms with E-state index in [0.29, 0.717) is 11.8 Å². The molecule has 6 rings (SSSR count). The molecule has 0 aromatic carbocycles. The summed E-state index contributed by atoms with van der Waals surface area (Å²) in [6, 6.07) is 0. The van der Waals surface area contributed by atoms with E-state index in [1.54, 1.807) is 0 Å². The van der Waals surface area contributed by atoms with Gasteiger partial charge in [0, 0.05) is 6.92 Å². The van der Waals surface area contributed by atoms with E-state index in [1.807, 2.05) is 0 Å². The second-order valence-corrected chi connectivity index (χ2v) is 18.0. The molecule has 4 saturated carbocycles. The Morgan fingerprint density at radius 3 is 2.27 bits per heavy atom. The lowest BCUT2D eigenvalue weighted by Crippen LogP contribution is -2.65. The number of ether oxygens (including phenoxy) is 3. The summed E-state index contributed by atoms with van der Waals surface area (Å²) in [6.45, 7) is 18.0. The van der Waals surface area contributed by atoms with Crippen LogP contribution in [0.15, 0.2) is 11.6 Å². The molecule has 0 aromatic heterocycles. The number of aliphatic carboxylic acids is 1. The molecule has 1 heterocycles. The molecule has 3 N–H and O–H groups in total. The monoisotopic (exact) mass is 630 g/mol. The Bertz CT molecular complexity index is 1240. The van der Waals surface area contributed by atoms with Gasteiger partial charge in [0.05, 0.1) is 18.1 Å². The van der Waals surface area contributed by atoms with Gasteiger partial charge in [0.2, 0.25) is 0 Å². The molecule has 8 heteroatoms. The summed E-state index contributed by atoms with van der Waals surface area (Å²) in [4.78, 5) is 24.6. The number of hydrogen-bond donors (Lipinski definition) is 3. The molecule has 12 unspecified atom stereocenters. The molecular weight excluding hydrogens is 572 g/mol. The first-order valence-electron chi connectivity index (χ1n) is 17.6. The molecule has 1 saturated heterocycles. The summed E-state index contributed by atoms with van der Waals surface area (Å²) in [7, 11) is 0. The van der Waals surface area contributed by atoms with E-state index < -0.39 is 42.0 Å². The fourth-order valence-electron chi connectivity index (χ4n) is 12.2. The van der Waals surface area contributed by atoms with Gasteiger partial charge < -0.3 is 29.5 Å². The van der Waals surface area contributed by atoms with E-state index in [9.17, 15) is 24.9 Å². The summed E-state index contributed by atoms with van der Waals surface area (Å²) in [5, 5.41) is 32.0. The maximum absolute atomic E-state index is 13.0. The molecule has 5 aliphatic carbocycles. The van der Waals surface area contributed by atoms with Crippen LogP contribution >= 0.6 is 0 Å². The number of allylic oxidation sites excluding steroid dienone is 2. The van der Waals surface area contributed by atoms with Gasteiger partial charge in [0.25, 0.3) is 0 Å². The lowest BCUT2D eigenvalue weighted by Gasteiger charge is -2.71. The Labute approximate surface area is 269 Å². The highest BCUT2D eigenvalue weighted by Gasteiger charge is 2.69. The summed E-state index contributed by atoms with van der Waals surface area (Å²) in [6.07, 6.45) is 7.35. The van der Waals surface area contributed by atoms with Crippen molar-refractivity contribution >= 4 is 11.9 Å². The number of aliphatic hydroxyl groups is 2. The average molecular weight is 631 g/mol. The lowest BCUT2D eigenvalue weighted by molar-refractivity contribution is -0.309. The van der Waals surface area contributed by atoms with Gasteiger partial charge in [0.1, 0.15) is 12.2 Å². The number of carbonyl (C=O) groups excluding carboxylic acids is 1. The van der Waals surface area contributed by atoms with Crippen LogP contribution in [0.3, 0.4) is 0 Å². The van der Waals surface area contributed by atoms with Crippen LogP contribution in [0.4, 0.5) is 0 Å². The van der Waals surface area contributed by atoms with Crippen molar-refractivity contribution in [3.8, 4) is 0 Å². The number of carboxylic acid groups (broad SMARTS) is 1. The van der Waals surface area contributed by atoms with Gasteiger partial charge in [-0.1, -0.05) is 60.1 Å². The van der Waals surface area contributed by atoms with Gasteiger partial charge >= 0.3 is 11.9 Å². The number of hydrogen-bond acceptors (Lipinski definition) is 7. The highest BCUT2D eigenvalue weighted by molar-refractivity contribution is 5.76. The molecule has 8 nitrogen and oxygen atoms in total. The van der Waals surface area contributed by atoms with Crippen LogP contribution in [0.5, 0.6) is 0 Å². The van der Waals surface area contributed by atoms with Crippen LogP contribution < -0.4 is 0 Å². The molecule has 1 aliphatic heterocycles. The maximum Gasteiger partial charge on any atom is 0.310 e. The smallest absolute Gasteiger partial charge is 0.310 e. The Morgan fingerprint density at radius 2 is 1.60 bits per heavy atom. The molecular formula is C37H58O8. The first-order valence-corrected chi connectivity index (χ1v) is 17.6. The van der Waals surface area contributed by atoms with Crippen LogP contribution in [0.25, 0.3) is 0 Å². The van der Waals surface area contributed by atoms with E-state index in [2.05, 4.69) is 54.5 Å². The van der Waals surface area contributed by atoms with Crippen molar-refractivity contribution in [1.82, 2.24) is 0 Å². The van der Waals surface area contributed by atoms with E-state index in [1.165, 1.54) is 12.5 Å². The third kappa shape index (κ3) is 4.81. The van der Waals surface area contributed by atoms with Crippen LogP contribution in [-0.4, -0.2) is 64.6 Å². The zero-order valence-electron chi connectivity index (χ0n) is 28.9. The average Bonchev–Trinajstić information content (AvgIpc) is 2.93. The van der Waals surface area contributed by atoms with Crippen molar-refractivity contribution in [1.29, 1.82) is 0 Å². The Morgan fingerprint density at radius 1 is 0.911 bits per heavy atom. The van der Waals surface area contributed by atoms with Gasteiger partial charge in [-0.25, -0.2) is 0 Å². The molecule has 0 aromatic rings. The van der Waals surface area contributed by atoms with Crippen molar-refractivity contribution in [3.05, 3.63) is 11.6 Å². The fourth-order valence-corrected chi connectivity index (χ4v) is 12.2. The van der Waals surface area contributed by atoms with Gasteiger partial charge in [0.15, 0.2) is 12.4 Å². The summed E-state index contributed by atoms with van der Waals surface area (Å²) >= 11 is 0. The van der Waals surface area contributed by atoms with Crippen molar-refractivity contribution < 1.29 is 39.1 Å². The molecule has 254 valence electrons. The van der Waals surface area contributed by atoms with E-state index >= 15 is 0 Å². The van der Waals surface area contributed by atoms with Crippen LogP contribution in [-0.2, 0) is 23.8 Å². The number of fused-ring (bicyclic) bond motifs is 7. The topological polar surface area (TPSA) is 123 Å². The molecule has 0 bridgehead atoms. The first-order chi connectivity index (χ1) is 20.8. The van der Waals surface area contributed by atoms with Gasteiger partial charge in [-0.05, 0) is 109 Å².